The Balaban J connectivity index is 0.000000198. The van der Waals surface area contributed by atoms with Crippen molar-refractivity contribution in [1.29, 1.82) is 0 Å². The van der Waals surface area contributed by atoms with Crippen LogP contribution >= 0.6 is 0 Å². The quantitative estimate of drug-likeness (QED) is 0.128. The van der Waals surface area contributed by atoms with E-state index in [0.717, 1.165) is 57.3 Å². The summed E-state index contributed by atoms with van der Waals surface area (Å²) >= 11 is 0. The fraction of sp³-hybridized carbons (Fsp3) is 0.182. The first-order valence-electron chi connectivity index (χ1n) is 25.6. The topological polar surface area (TPSA) is 293 Å². The molecular formula is C55H45F9N24Pt3. The number of benzene rings is 1. The Morgan fingerprint density at radius 3 is 1.07 bits per heavy atom. The zero-order valence-corrected chi connectivity index (χ0v) is 54.5. The summed E-state index contributed by atoms with van der Waals surface area (Å²) in [4.78, 5) is 33.9. The average molecular weight is 1800 g/mol. The van der Waals surface area contributed by atoms with E-state index >= 15 is 0 Å². The molecule has 0 saturated carbocycles. The van der Waals surface area contributed by atoms with Gasteiger partial charge in [-0.05, 0) is 101 Å². The molecule has 0 unspecified atom stereocenters. The summed E-state index contributed by atoms with van der Waals surface area (Å²) in [6.45, 7) is 10.0. The number of rotatable bonds is 8. The number of para-hydroxylation sites is 1. The summed E-state index contributed by atoms with van der Waals surface area (Å²) in [6, 6.07) is 30.6. The molecule has 24 nitrogen and oxygen atoms in total. The van der Waals surface area contributed by atoms with Crippen molar-refractivity contribution in [2.75, 3.05) is 0 Å². The van der Waals surface area contributed by atoms with Gasteiger partial charge in [-0.2, -0.15) is 39.5 Å². The fourth-order valence-electron chi connectivity index (χ4n) is 7.21. The molecule has 0 aliphatic heterocycles. The van der Waals surface area contributed by atoms with Crippen LogP contribution in [0.5, 0.6) is 0 Å². The molecule has 478 valence electrons. The summed E-state index contributed by atoms with van der Waals surface area (Å²) in [6.07, 6.45) is 1.71. The van der Waals surface area contributed by atoms with Gasteiger partial charge in [0.15, 0.2) is 0 Å². The van der Waals surface area contributed by atoms with Crippen molar-refractivity contribution in [2.24, 2.45) is 7.05 Å². The molecule has 0 amide bonds. The molecule has 13 aromatic rings. The van der Waals surface area contributed by atoms with Gasteiger partial charge in [-0.3, -0.25) is 30.2 Å². The number of halogens is 9. The van der Waals surface area contributed by atoms with Gasteiger partial charge in [-0.25, -0.2) is 15.0 Å². The van der Waals surface area contributed by atoms with Gasteiger partial charge in [0.1, 0.15) is 34.9 Å². The largest absolute Gasteiger partial charge is 2.00 e. The third kappa shape index (κ3) is 20.4. The molecule has 0 N–H and O–H groups in total. The molecule has 1 aromatic carbocycles. The first kappa shape index (κ1) is 72.5. The van der Waals surface area contributed by atoms with Crippen LogP contribution < -0.4 is 30.6 Å². The second-order valence-electron chi connectivity index (χ2n) is 18.2. The Bertz CT molecular complexity index is 3980. The number of imidazole rings is 3. The molecule has 0 saturated heterocycles. The Kier molecular flexibility index (Phi) is 26.3. The first-order chi connectivity index (χ1) is 42.0. The van der Waals surface area contributed by atoms with Crippen molar-refractivity contribution in [3.8, 4) is 74.8 Å². The normalized spacial score (nSPS) is 10.9. The fourth-order valence-corrected chi connectivity index (χ4v) is 7.21. The maximum Gasteiger partial charge on any atom is 2.00 e. The standard InChI is InChI=1S/C13H11N4.C10H13N4.3C8H4F3N4.C8H9N4.3Pt/c1-10-9-12(16-15-10)13-14-7-8-17(13)11-5-3-2-4-6-11;1-7(2)14-5-4-11-10(14)9-6-8(3)12-13-9;3*9-8(10,11)7-13-6(14-15-7)5-3-1-2-4-12-5;1-6-5-7(11-10-6)8-9-3-4-12(8)2;;;/h2-9H,1H3;4-7H,1-3H3;3*1-4H;3-5H,1-2H3;;;/q6*-1;3*+2. The van der Waals surface area contributed by atoms with Crippen molar-refractivity contribution < 1.29 is 103 Å². The van der Waals surface area contributed by atoms with Gasteiger partial charge in [0.05, 0.1) is 17.1 Å². The molecule has 12 heterocycles. The molecule has 36 heteroatoms. The molecule has 12 aromatic heterocycles. The minimum atomic E-state index is -4.57. The summed E-state index contributed by atoms with van der Waals surface area (Å²) in [5, 5.41) is 42.8. The molecular weight excluding hydrogens is 1750 g/mol. The molecule has 0 radical (unpaired) electrons. The van der Waals surface area contributed by atoms with Gasteiger partial charge in [-0.1, -0.05) is 71.7 Å². The molecule has 0 bridgehead atoms. The molecule has 0 spiro atoms. The SMILES string of the molecule is Cc1cc(-c2nccn2-c2ccccc2)[n-]n1.Cc1cc(-c2nccn2C(C)C)[n-]n1.Cc1cc(-c2nccn2C)[n-]n1.FC(F)(F)c1n[n-]c(-c2ccccn2)n1.FC(F)(F)c1n[n-]c(-c2ccccn2)n1.FC(F)(F)c1n[n-]c(-c2ccccn2)n1.[Pt+2].[Pt+2].[Pt+2]. The Labute approximate surface area is 553 Å². The van der Waals surface area contributed by atoms with E-state index in [1.807, 2.05) is 104 Å². The van der Waals surface area contributed by atoms with Crippen LogP contribution in [0.25, 0.3) is 74.8 Å². The third-order valence-electron chi connectivity index (χ3n) is 11.2. The minimum Gasteiger partial charge on any atom is -0.572 e. The van der Waals surface area contributed by atoms with Crippen LogP contribution in [0, 0.1) is 20.8 Å². The zero-order chi connectivity index (χ0) is 63.0. The smallest absolute Gasteiger partial charge is 0.572 e. The number of hydrogen-bond donors (Lipinski definition) is 0. The number of pyridine rings is 3. The van der Waals surface area contributed by atoms with Gasteiger partial charge in [0.2, 0.25) is 0 Å². The van der Waals surface area contributed by atoms with Gasteiger partial charge >= 0.3 is 81.7 Å². The molecule has 0 atom stereocenters. The van der Waals surface area contributed by atoms with Crippen molar-refractivity contribution in [1.82, 2.24) is 120 Å². The average Bonchev–Trinajstić information content (AvgIpc) is 4.08. The van der Waals surface area contributed by atoms with Gasteiger partial charge in [0.25, 0.3) is 0 Å². The van der Waals surface area contributed by atoms with E-state index in [9.17, 15) is 39.5 Å². The summed E-state index contributed by atoms with van der Waals surface area (Å²) in [5.41, 5.74) is 7.11. The van der Waals surface area contributed by atoms with Gasteiger partial charge in [0, 0.05) is 91.6 Å². The van der Waals surface area contributed by atoms with Crippen LogP contribution in [0.3, 0.4) is 0 Å². The van der Waals surface area contributed by atoms with Crippen molar-refractivity contribution in [2.45, 2.75) is 59.2 Å². The van der Waals surface area contributed by atoms with Crippen molar-refractivity contribution in [3.63, 3.8) is 0 Å². The molecule has 13 rings (SSSR count). The zero-order valence-electron chi connectivity index (χ0n) is 47.7. The van der Waals surface area contributed by atoms with E-state index in [1.165, 1.54) is 36.8 Å². The van der Waals surface area contributed by atoms with E-state index in [2.05, 4.69) is 124 Å². The van der Waals surface area contributed by atoms with Crippen LogP contribution in [0.4, 0.5) is 39.5 Å². The van der Waals surface area contributed by atoms with Gasteiger partial charge in [-0.15, -0.1) is 0 Å². The first-order valence-corrected chi connectivity index (χ1v) is 25.6. The number of nitrogens with zero attached hydrogens (tertiary/aromatic N) is 24. The predicted molar refractivity (Wildman–Crippen MR) is 294 cm³/mol. The minimum absolute atomic E-state index is 0. The van der Waals surface area contributed by atoms with E-state index in [-0.39, 0.29) is 97.8 Å². The summed E-state index contributed by atoms with van der Waals surface area (Å²) < 4.78 is 115. The van der Waals surface area contributed by atoms with Crippen LogP contribution in [-0.2, 0) is 88.8 Å². The summed E-state index contributed by atoms with van der Waals surface area (Å²) in [5.74, 6) is -1.55. The maximum absolute atomic E-state index is 12.1. The van der Waals surface area contributed by atoms with Crippen molar-refractivity contribution in [3.05, 3.63) is 193 Å². The van der Waals surface area contributed by atoms with Crippen LogP contribution in [-0.4, -0.2) is 89.1 Å². The number of aromatic nitrogens is 24. The number of aryl methyl sites for hydroxylation is 4. The second-order valence-corrected chi connectivity index (χ2v) is 18.2. The van der Waals surface area contributed by atoms with E-state index in [4.69, 9.17) is 0 Å². The molecule has 0 aliphatic rings. The third-order valence-corrected chi connectivity index (χ3v) is 11.2. The Morgan fingerprint density at radius 1 is 0.385 bits per heavy atom. The summed E-state index contributed by atoms with van der Waals surface area (Å²) in [7, 11) is 1.94. The second kappa shape index (κ2) is 33.0. The molecule has 0 fully saturated rings. The van der Waals surface area contributed by atoms with Gasteiger partial charge < -0.3 is 74.5 Å². The maximum atomic E-state index is 12.1. The monoisotopic (exact) mass is 1800 g/mol. The van der Waals surface area contributed by atoms with Crippen molar-refractivity contribution >= 4 is 0 Å². The Morgan fingerprint density at radius 2 is 0.736 bits per heavy atom. The van der Waals surface area contributed by atoms with E-state index < -0.39 is 36.0 Å². The van der Waals surface area contributed by atoms with Crippen LogP contribution in [0.15, 0.2) is 159 Å². The molecule has 0 aliphatic carbocycles. The van der Waals surface area contributed by atoms with Crippen LogP contribution in [0.2, 0.25) is 0 Å². The molecule has 91 heavy (non-hydrogen) atoms. The van der Waals surface area contributed by atoms with Crippen LogP contribution in [0.1, 0.15) is 54.4 Å². The van der Waals surface area contributed by atoms with E-state index in [1.54, 1.807) is 55.0 Å². The Hall–Kier alpha value is -9.22. The number of hydrogen-bond acceptors (Lipinski definition) is 15. The number of alkyl halides is 9. The predicted octanol–water partition coefficient (Wildman–Crippen LogP) is 9.28. The van der Waals surface area contributed by atoms with E-state index in [0.29, 0.717) is 6.04 Å².